The Hall–Kier alpha value is -1.55. The predicted molar refractivity (Wildman–Crippen MR) is 79.3 cm³/mol. The largest absolute Gasteiger partial charge is 0.398 e. The van der Waals surface area contributed by atoms with Crippen LogP contribution in [0.25, 0.3) is 0 Å². The molecule has 4 nitrogen and oxygen atoms in total. The van der Waals surface area contributed by atoms with Gasteiger partial charge < -0.3 is 10.6 Å². The van der Waals surface area contributed by atoms with Gasteiger partial charge in [-0.25, -0.2) is 0 Å². The molecule has 0 spiro atoms. The third kappa shape index (κ3) is 2.89. The van der Waals surface area contributed by atoms with Crippen LogP contribution in [-0.2, 0) is 11.2 Å². The Morgan fingerprint density at radius 1 is 1.47 bits per heavy atom. The molecule has 19 heavy (non-hydrogen) atoms. The molecule has 1 aliphatic rings. The van der Waals surface area contributed by atoms with Gasteiger partial charge in [0.05, 0.1) is 6.54 Å². The van der Waals surface area contributed by atoms with E-state index in [1.54, 1.807) is 0 Å². The fourth-order valence-corrected chi connectivity index (χ4v) is 2.39. The molecule has 0 saturated carbocycles. The van der Waals surface area contributed by atoms with Crippen molar-refractivity contribution >= 4 is 17.3 Å². The van der Waals surface area contributed by atoms with Crippen LogP contribution in [0.5, 0.6) is 0 Å². The number of amides is 1. The molecular weight excluding hydrogens is 238 g/mol. The van der Waals surface area contributed by atoms with Crippen molar-refractivity contribution in [2.24, 2.45) is 0 Å². The summed E-state index contributed by atoms with van der Waals surface area (Å²) in [6.07, 6.45) is 1.95. The van der Waals surface area contributed by atoms with Gasteiger partial charge in [0.15, 0.2) is 0 Å². The monoisotopic (exact) mass is 261 g/mol. The number of benzene rings is 1. The van der Waals surface area contributed by atoms with Gasteiger partial charge in [-0.1, -0.05) is 6.07 Å². The number of anilines is 2. The van der Waals surface area contributed by atoms with Crippen LogP contribution in [0.2, 0.25) is 0 Å². The molecule has 0 aromatic heterocycles. The molecule has 0 bridgehead atoms. The Labute approximate surface area is 115 Å². The SMILES string of the molecule is CC(C)N(C)CC(=O)N1CCCc2c(N)cccc21. The minimum atomic E-state index is 0.155. The third-order valence-corrected chi connectivity index (χ3v) is 3.85. The van der Waals surface area contributed by atoms with E-state index in [-0.39, 0.29) is 5.91 Å². The lowest BCUT2D eigenvalue weighted by Crippen LogP contribution is -2.43. The molecule has 1 aliphatic heterocycles. The molecule has 1 aromatic rings. The van der Waals surface area contributed by atoms with Gasteiger partial charge in [-0.3, -0.25) is 9.69 Å². The summed E-state index contributed by atoms with van der Waals surface area (Å²) in [5, 5.41) is 0. The number of hydrogen-bond acceptors (Lipinski definition) is 3. The highest BCUT2D eigenvalue weighted by Gasteiger charge is 2.24. The standard InChI is InChI=1S/C15H23N3O/c1-11(2)17(3)10-15(19)18-9-5-6-12-13(16)7-4-8-14(12)18/h4,7-8,11H,5-6,9-10,16H2,1-3H3. The number of nitrogens with two attached hydrogens (primary N) is 1. The second-order valence-electron chi connectivity index (χ2n) is 5.50. The number of fused-ring (bicyclic) bond motifs is 1. The van der Waals surface area contributed by atoms with Crippen LogP contribution in [-0.4, -0.2) is 37.0 Å². The second kappa shape index (κ2) is 5.61. The molecule has 104 valence electrons. The Balaban J connectivity index is 2.19. The summed E-state index contributed by atoms with van der Waals surface area (Å²) in [6.45, 7) is 5.43. The zero-order valence-corrected chi connectivity index (χ0v) is 12.0. The molecule has 4 heteroatoms. The van der Waals surface area contributed by atoms with E-state index >= 15 is 0 Å². The van der Waals surface area contributed by atoms with E-state index in [2.05, 4.69) is 18.7 Å². The van der Waals surface area contributed by atoms with Crippen molar-refractivity contribution in [1.29, 1.82) is 0 Å². The average molecular weight is 261 g/mol. The molecule has 1 heterocycles. The maximum absolute atomic E-state index is 12.4. The lowest BCUT2D eigenvalue weighted by atomic mass is 10.00. The molecule has 0 atom stereocenters. The summed E-state index contributed by atoms with van der Waals surface area (Å²) in [5.74, 6) is 0.155. The van der Waals surface area contributed by atoms with Crippen molar-refractivity contribution < 1.29 is 4.79 Å². The number of carbonyl (C=O) groups excluding carboxylic acids is 1. The number of rotatable bonds is 3. The van der Waals surface area contributed by atoms with Crippen molar-refractivity contribution in [2.75, 3.05) is 30.8 Å². The zero-order chi connectivity index (χ0) is 14.0. The van der Waals surface area contributed by atoms with Crippen LogP contribution in [0.4, 0.5) is 11.4 Å². The summed E-state index contributed by atoms with van der Waals surface area (Å²) < 4.78 is 0. The van der Waals surface area contributed by atoms with Gasteiger partial charge >= 0.3 is 0 Å². The second-order valence-corrected chi connectivity index (χ2v) is 5.50. The molecule has 1 aromatic carbocycles. The van der Waals surface area contributed by atoms with Crippen LogP contribution in [0.3, 0.4) is 0 Å². The van der Waals surface area contributed by atoms with Crippen LogP contribution >= 0.6 is 0 Å². The van der Waals surface area contributed by atoms with Crippen LogP contribution in [0.15, 0.2) is 18.2 Å². The van der Waals surface area contributed by atoms with E-state index in [4.69, 9.17) is 5.73 Å². The van der Waals surface area contributed by atoms with Crippen molar-refractivity contribution in [3.8, 4) is 0 Å². The minimum absolute atomic E-state index is 0.155. The lowest BCUT2D eigenvalue weighted by Gasteiger charge is -2.32. The molecule has 2 rings (SSSR count). The average Bonchev–Trinajstić information content (AvgIpc) is 2.38. The molecule has 0 radical (unpaired) electrons. The third-order valence-electron chi connectivity index (χ3n) is 3.85. The Kier molecular flexibility index (Phi) is 4.10. The summed E-state index contributed by atoms with van der Waals surface area (Å²) in [7, 11) is 1.98. The normalized spacial score (nSPS) is 14.9. The Morgan fingerprint density at radius 2 is 2.21 bits per heavy atom. The predicted octanol–water partition coefficient (Wildman–Crippen LogP) is 1.89. The van der Waals surface area contributed by atoms with Gasteiger partial charge in [0, 0.05) is 24.0 Å². The first-order valence-electron chi connectivity index (χ1n) is 6.88. The van der Waals surface area contributed by atoms with Crippen LogP contribution < -0.4 is 10.6 Å². The van der Waals surface area contributed by atoms with Gasteiger partial charge in [-0.15, -0.1) is 0 Å². The fourth-order valence-electron chi connectivity index (χ4n) is 2.39. The quantitative estimate of drug-likeness (QED) is 0.845. The van der Waals surface area contributed by atoms with E-state index in [0.717, 1.165) is 36.3 Å². The van der Waals surface area contributed by atoms with Crippen molar-refractivity contribution in [3.05, 3.63) is 23.8 Å². The topological polar surface area (TPSA) is 49.6 Å². The molecule has 0 fully saturated rings. The molecule has 0 saturated heterocycles. The smallest absolute Gasteiger partial charge is 0.241 e. The Morgan fingerprint density at radius 3 is 2.89 bits per heavy atom. The Bertz CT molecular complexity index is 470. The molecule has 0 aliphatic carbocycles. The van der Waals surface area contributed by atoms with E-state index in [9.17, 15) is 4.79 Å². The lowest BCUT2D eigenvalue weighted by molar-refractivity contribution is -0.119. The van der Waals surface area contributed by atoms with Crippen molar-refractivity contribution in [2.45, 2.75) is 32.7 Å². The first-order chi connectivity index (χ1) is 9.00. The molecule has 1 amide bonds. The zero-order valence-electron chi connectivity index (χ0n) is 12.0. The summed E-state index contributed by atoms with van der Waals surface area (Å²) in [6, 6.07) is 6.20. The first-order valence-corrected chi connectivity index (χ1v) is 6.88. The number of hydrogen-bond donors (Lipinski definition) is 1. The highest BCUT2D eigenvalue weighted by atomic mass is 16.2. The number of carbonyl (C=O) groups is 1. The van der Waals surface area contributed by atoms with Crippen LogP contribution in [0, 0.1) is 0 Å². The number of likely N-dealkylation sites (N-methyl/N-ethyl adjacent to an activating group) is 1. The van der Waals surface area contributed by atoms with Crippen LogP contribution in [0.1, 0.15) is 25.8 Å². The van der Waals surface area contributed by atoms with Gasteiger partial charge in [0.25, 0.3) is 0 Å². The summed E-state index contributed by atoms with van der Waals surface area (Å²) >= 11 is 0. The maximum Gasteiger partial charge on any atom is 0.241 e. The van der Waals surface area contributed by atoms with Gasteiger partial charge in [-0.2, -0.15) is 0 Å². The van der Waals surface area contributed by atoms with Crippen molar-refractivity contribution in [1.82, 2.24) is 4.90 Å². The van der Waals surface area contributed by atoms with E-state index in [0.29, 0.717) is 12.6 Å². The summed E-state index contributed by atoms with van der Waals surface area (Å²) in [5.41, 5.74) is 8.92. The molecule has 0 unspecified atom stereocenters. The molecular formula is C15H23N3O. The highest BCUT2D eigenvalue weighted by molar-refractivity contribution is 5.96. The number of nitrogen functional groups attached to an aromatic ring is 1. The van der Waals surface area contributed by atoms with E-state index in [1.807, 2.05) is 30.1 Å². The van der Waals surface area contributed by atoms with Gasteiger partial charge in [-0.05, 0) is 51.4 Å². The fraction of sp³-hybridized carbons (Fsp3) is 0.533. The van der Waals surface area contributed by atoms with Crippen molar-refractivity contribution in [3.63, 3.8) is 0 Å². The van der Waals surface area contributed by atoms with E-state index < -0.39 is 0 Å². The maximum atomic E-state index is 12.4. The highest BCUT2D eigenvalue weighted by Crippen LogP contribution is 2.31. The van der Waals surface area contributed by atoms with Gasteiger partial charge in [0.2, 0.25) is 5.91 Å². The minimum Gasteiger partial charge on any atom is -0.398 e. The summed E-state index contributed by atoms with van der Waals surface area (Å²) in [4.78, 5) is 16.4. The molecule has 2 N–H and O–H groups in total. The van der Waals surface area contributed by atoms with E-state index in [1.165, 1.54) is 0 Å². The van der Waals surface area contributed by atoms with Gasteiger partial charge in [0.1, 0.15) is 0 Å². The first kappa shape index (κ1) is 13.9. The number of nitrogens with zero attached hydrogens (tertiary/aromatic N) is 2.